The van der Waals surface area contributed by atoms with E-state index in [0.717, 1.165) is 98.1 Å². The van der Waals surface area contributed by atoms with Crippen molar-refractivity contribution >= 4 is 81.5 Å². The number of furan rings is 1. The first-order chi connectivity index (χ1) is 28.7. The Balaban J connectivity index is 1.35. The fraction of sp³-hybridized carbons (Fsp3) is 0. The average molecular weight is 809 g/mol. The zero-order chi connectivity index (χ0) is 38.3. The van der Waals surface area contributed by atoms with Gasteiger partial charge < -0.3 is 13.6 Å². The summed E-state index contributed by atoms with van der Waals surface area (Å²) in [5, 5.41) is 6.55. The number of para-hydroxylation sites is 4. The number of nitrogens with zero attached hydrogens (tertiary/aromatic N) is 5. The van der Waals surface area contributed by atoms with Gasteiger partial charge in [-0.25, -0.2) is 15.0 Å². The average Bonchev–Trinajstić information content (AvgIpc) is 3.94. The Morgan fingerprint density at radius 2 is 0.810 bits per heavy atom. The molecular weight excluding hydrogens is 778 g/mol. The summed E-state index contributed by atoms with van der Waals surface area (Å²) >= 11 is 3.78. The molecule has 0 unspecified atom stereocenters. The third-order valence-electron chi connectivity index (χ3n) is 11.2. The first-order valence-corrected chi connectivity index (χ1v) is 20.0. The highest BCUT2D eigenvalue weighted by molar-refractivity contribution is 9.10. The molecule has 0 fully saturated rings. The summed E-state index contributed by atoms with van der Waals surface area (Å²) < 4.78 is 12.8. The molecule has 0 aliphatic carbocycles. The molecule has 0 spiro atoms. The van der Waals surface area contributed by atoms with Crippen molar-refractivity contribution in [2.24, 2.45) is 0 Å². The van der Waals surface area contributed by atoms with E-state index >= 15 is 0 Å². The second-order valence-corrected chi connectivity index (χ2v) is 15.4. The molecule has 4 heterocycles. The van der Waals surface area contributed by atoms with Gasteiger partial charge in [-0.1, -0.05) is 149 Å². The number of fused-ring (bicyclic) bond motifs is 9. The van der Waals surface area contributed by atoms with Crippen LogP contribution in [0.25, 0.3) is 111 Å². The number of halogens is 1. The van der Waals surface area contributed by atoms with Crippen molar-refractivity contribution < 1.29 is 4.42 Å². The predicted octanol–water partition coefficient (Wildman–Crippen LogP) is 13.7. The first-order valence-electron chi connectivity index (χ1n) is 19.2. The van der Waals surface area contributed by atoms with Gasteiger partial charge in [-0.2, -0.15) is 0 Å². The topological polar surface area (TPSA) is 61.7 Å². The van der Waals surface area contributed by atoms with Gasteiger partial charge in [0.05, 0.1) is 27.8 Å². The fourth-order valence-corrected chi connectivity index (χ4v) is 9.08. The lowest BCUT2D eigenvalue weighted by atomic mass is 10.0. The fourth-order valence-electron chi connectivity index (χ4n) is 8.72. The van der Waals surface area contributed by atoms with Crippen LogP contribution in [0.4, 0.5) is 0 Å². The zero-order valence-electron chi connectivity index (χ0n) is 30.8. The molecule has 0 N–H and O–H groups in total. The molecule has 0 saturated carbocycles. The van der Waals surface area contributed by atoms with Crippen LogP contribution in [0.15, 0.2) is 191 Å². The van der Waals surface area contributed by atoms with Crippen molar-refractivity contribution in [2.75, 3.05) is 0 Å². The maximum Gasteiger partial charge on any atom is 0.166 e. The second kappa shape index (κ2) is 12.8. The number of benzene rings is 8. The summed E-state index contributed by atoms with van der Waals surface area (Å²) in [4.78, 5) is 15.9. The summed E-state index contributed by atoms with van der Waals surface area (Å²) in [5.74, 6) is 1.74. The van der Waals surface area contributed by atoms with Crippen LogP contribution in [0.5, 0.6) is 0 Å². The molecule has 4 aromatic heterocycles. The highest BCUT2D eigenvalue weighted by Gasteiger charge is 2.29. The van der Waals surface area contributed by atoms with Crippen molar-refractivity contribution in [2.45, 2.75) is 0 Å². The van der Waals surface area contributed by atoms with Crippen molar-refractivity contribution in [3.8, 4) is 45.5 Å². The van der Waals surface area contributed by atoms with E-state index in [0.29, 0.717) is 17.5 Å². The van der Waals surface area contributed by atoms with Gasteiger partial charge in [0.1, 0.15) is 11.3 Å². The van der Waals surface area contributed by atoms with Crippen LogP contribution in [-0.2, 0) is 0 Å². The Morgan fingerprint density at radius 3 is 1.31 bits per heavy atom. The second-order valence-electron chi connectivity index (χ2n) is 14.5. The SMILES string of the molecule is Brc1ccc2oc3c(-n4c5ccccc5c5ccccc54)c(-n4c5ccccc5c5ccccc54)c(-c4nc(-c5ccccc5)nc(-c5ccccc5)n4)cc3c2c1. The lowest BCUT2D eigenvalue weighted by molar-refractivity contribution is 0.666. The van der Waals surface area contributed by atoms with Crippen LogP contribution in [0, 0.1) is 0 Å². The van der Waals surface area contributed by atoms with E-state index in [4.69, 9.17) is 19.4 Å². The van der Waals surface area contributed by atoms with Gasteiger partial charge in [0.15, 0.2) is 23.1 Å². The molecule has 58 heavy (non-hydrogen) atoms. The molecule has 272 valence electrons. The van der Waals surface area contributed by atoms with Gasteiger partial charge in [-0.05, 0) is 48.5 Å². The van der Waals surface area contributed by atoms with Crippen molar-refractivity contribution in [3.63, 3.8) is 0 Å². The number of aromatic nitrogens is 5. The number of rotatable bonds is 5. The van der Waals surface area contributed by atoms with Crippen LogP contribution >= 0.6 is 15.9 Å². The molecule has 0 saturated heterocycles. The summed E-state index contributed by atoms with van der Waals surface area (Å²) in [6.45, 7) is 0. The summed E-state index contributed by atoms with van der Waals surface area (Å²) in [6, 6.07) is 63.2. The minimum Gasteiger partial charge on any atom is -0.454 e. The maximum atomic E-state index is 7.09. The molecule has 0 bridgehead atoms. The highest BCUT2D eigenvalue weighted by atomic mass is 79.9. The monoisotopic (exact) mass is 807 g/mol. The van der Waals surface area contributed by atoms with Crippen molar-refractivity contribution in [3.05, 3.63) is 186 Å². The molecular formula is C51H30BrN5O. The summed E-state index contributed by atoms with van der Waals surface area (Å²) in [6.07, 6.45) is 0. The summed E-state index contributed by atoms with van der Waals surface area (Å²) in [7, 11) is 0. The minimum atomic E-state index is 0.554. The lowest BCUT2D eigenvalue weighted by Gasteiger charge is -2.21. The molecule has 6 nitrogen and oxygen atoms in total. The Bertz CT molecular complexity index is 3420. The smallest absolute Gasteiger partial charge is 0.166 e. The van der Waals surface area contributed by atoms with Crippen LogP contribution in [0.2, 0.25) is 0 Å². The largest absolute Gasteiger partial charge is 0.454 e. The van der Waals surface area contributed by atoms with Gasteiger partial charge in [0.2, 0.25) is 0 Å². The van der Waals surface area contributed by atoms with Crippen molar-refractivity contribution in [1.82, 2.24) is 24.1 Å². The lowest BCUT2D eigenvalue weighted by Crippen LogP contribution is -2.08. The first kappa shape index (κ1) is 32.9. The Kier molecular flexibility index (Phi) is 7.28. The third kappa shape index (κ3) is 4.93. The van der Waals surface area contributed by atoms with E-state index in [1.807, 2.05) is 48.5 Å². The molecule has 0 atom stereocenters. The van der Waals surface area contributed by atoms with E-state index in [1.54, 1.807) is 0 Å². The van der Waals surface area contributed by atoms with E-state index in [-0.39, 0.29) is 0 Å². The van der Waals surface area contributed by atoms with Crippen molar-refractivity contribution in [1.29, 1.82) is 0 Å². The van der Waals surface area contributed by atoms with Crippen LogP contribution in [0.1, 0.15) is 0 Å². The molecule has 0 aliphatic heterocycles. The van der Waals surface area contributed by atoms with E-state index in [9.17, 15) is 0 Å². The molecule has 0 aliphatic rings. The molecule has 12 rings (SSSR count). The Hall–Kier alpha value is -7.35. The highest BCUT2D eigenvalue weighted by Crippen LogP contribution is 2.47. The zero-order valence-corrected chi connectivity index (χ0v) is 32.4. The van der Waals surface area contributed by atoms with Gasteiger partial charge in [-0.3, -0.25) is 0 Å². The molecule has 7 heteroatoms. The predicted molar refractivity (Wildman–Crippen MR) is 240 cm³/mol. The molecule has 0 amide bonds. The van der Waals surface area contributed by atoms with Gasteiger partial charge in [0.25, 0.3) is 0 Å². The quantitative estimate of drug-likeness (QED) is 0.174. The minimum absolute atomic E-state index is 0.554. The molecule has 8 aromatic carbocycles. The van der Waals surface area contributed by atoms with Gasteiger partial charge >= 0.3 is 0 Å². The Labute approximate surface area is 340 Å². The normalized spacial score (nSPS) is 11.9. The maximum absolute atomic E-state index is 7.09. The van der Waals surface area contributed by atoms with E-state index in [2.05, 4.69) is 159 Å². The van der Waals surface area contributed by atoms with Gasteiger partial charge in [-0.15, -0.1) is 0 Å². The number of hydrogen-bond donors (Lipinski definition) is 0. The van der Waals surface area contributed by atoms with Crippen LogP contribution in [-0.4, -0.2) is 24.1 Å². The standard InChI is InChI=1S/C51H30BrN5O/c52-33-27-28-45-38(29-33)39-30-40(51-54-49(31-15-3-1-4-16-31)53-50(55-51)32-17-5-2-6-18-32)46(56-41-23-11-7-19-34(41)35-20-8-12-24-42(35)56)47(48(39)58-45)57-43-25-13-9-21-36(43)37-22-10-14-26-44(37)57/h1-30H. The number of hydrogen-bond acceptors (Lipinski definition) is 4. The third-order valence-corrected chi connectivity index (χ3v) is 11.7. The van der Waals surface area contributed by atoms with Gasteiger partial charge in [0, 0.05) is 53.5 Å². The van der Waals surface area contributed by atoms with E-state index < -0.39 is 0 Å². The summed E-state index contributed by atoms with van der Waals surface area (Å²) in [5.41, 5.74) is 10.3. The van der Waals surface area contributed by atoms with Crippen LogP contribution < -0.4 is 0 Å². The van der Waals surface area contributed by atoms with E-state index in [1.165, 1.54) is 0 Å². The molecule has 12 aromatic rings. The molecule has 0 radical (unpaired) electrons. The van der Waals surface area contributed by atoms with Crippen LogP contribution in [0.3, 0.4) is 0 Å². The Morgan fingerprint density at radius 1 is 0.379 bits per heavy atom.